The lowest BCUT2D eigenvalue weighted by Gasteiger charge is -2.36. The van der Waals surface area contributed by atoms with Crippen LogP contribution in [0.4, 0.5) is 0 Å². The molecule has 7 nitrogen and oxygen atoms in total. The third-order valence-electron chi connectivity index (χ3n) is 7.30. The Morgan fingerprint density at radius 3 is 2.50 bits per heavy atom. The molecule has 1 saturated carbocycles. The number of benzene rings is 1. The minimum absolute atomic E-state index is 0.129. The van der Waals surface area contributed by atoms with Crippen molar-refractivity contribution in [1.29, 1.82) is 0 Å². The summed E-state index contributed by atoms with van der Waals surface area (Å²) >= 11 is 6.19. The predicted octanol–water partition coefficient (Wildman–Crippen LogP) is 0.321. The predicted molar refractivity (Wildman–Crippen MR) is 114 cm³/mol. The largest absolute Gasteiger partial charge is 0.376 e. The van der Waals surface area contributed by atoms with Crippen molar-refractivity contribution in [3.8, 4) is 0 Å². The number of quaternary nitrogens is 2. The molecule has 2 N–H and O–H groups in total. The molecule has 0 radical (unpaired) electrons. The fraction of sp³-hybridized carbons (Fsp3) is 0.682. The second-order valence-electron chi connectivity index (χ2n) is 9.14. The lowest BCUT2D eigenvalue weighted by atomic mass is 10.0. The zero-order chi connectivity index (χ0) is 20.3. The Kier molecular flexibility index (Phi) is 6.32. The van der Waals surface area contributed by atoms with Crippen LogP contribution in [0.3, 0.4) is 0 Å². The monoisotopic (exact) mass is 432 g/mol. The summed E-state index contributed by atoms with van der Waals surface area (Å²) in [5.74, 6) is 0.951. The standard InChI is InChI=1S/C22H31ClN6O/c23-18-9-7-17(8-10-18)21(22-24-25-26-29(22)16-20-6-3-15-30-20)28-13-11-27(12-14-28)19-4-1-2-5-19/h7-10,19-21H,1-6,11-16H2/p+2/t20-,21-/m1/s1. The molecule has 2 atom stereocenters. The maximum Gasteiger partial charge on any atom is 0.214 e. The molecule has 3 heterocycles. The Labute approximate surface area is 183 Å². The quantitative estimate of drug-likeness (QED) is 0.690. The van der Waals surface area contributed by atoms with Gasteiger partial charge in [0, 0.05) is 17.2 Å². The molecular weight excluding hydrogens is 400 g/mol. The lowest BCUT2D eigenvalue weighted by molar-refractivity contribution is -1.03. The Balaban J connectivity index is 1.38. The summed E-state index contributed by atoms with van der Waals surface area (Å²) in [6.07, 6.45) is 8.07. The van der Waals surface area contributed by atoms with Crippen molar-refractivity contribution >= 4 is 11.6 Å². The van der Waals surface area contributed by atoms with E-state index in [1.165, 1.54) is 44.3 Å². The Morgan fingerprint density at radius 2 is 1.80 bits per heavy atom. The Morgan fingerprint density at radius 1 is 1.03 bits per heavy atom. The highest BCUT2D eigenvalue weighted by Crippen LogP contribution is 2.21. The molecule has 1 aromatic carbocycles. The number of piperazine rings is 1. The zero-order valence-electron chi connectivity index (χ0n) is 17.6. The average Bonchev–Trinajstić information content (AvgIpc) is 3.54. The third-order valence-corrected chi connectivity index (χ3v) is 7.55. The molecule has 3 aliphatic rings. The van der Waals surface area contributed by atoms with Gasteiger partial charge in [0.15, 0.2) is 6.04 Å². The van der Waals surface area contributed by atoms with E-state index >= 15 is 0 Å². The van der Waals surface area contributed by atoms with Crippen LogP contribution in [0.2, 0.25) is 5.02 Å². The third kappa shape index (κ3) is 4.40. The van der Waals surface area contributed by atoms with Crippen LogP contribution in [0.5, 0.6) is 0 Å². The molecule has 8 heteroatoms. The summed E-state index contributed by atoms with van der Waals surface area (Å²) in [4.78, 5) is 3.37. The molecule has 2 aliphatic heterocycles. The van der Waals surface area contributed by atoms with Gasteiger partial charge in [-0.2, -0.15) is 0 Å². The van der Waals surface area contributed by atoms with Crippen molar-refractivity contribution in [3.05, 3.63) is 40.7 Å². The van der Waals surface area contributed by atoms with Crippen LogP contribution < -0.4 is 9.80 Å². The van der Waals surface area contributed by atoms with Crippen molar-refractivity contribution in [2.75, 3.05) is 32.8 Å². The molecule has 2 saturated heterocycles. The second-order valence-corrected chi connectivity index (χ2v) is 9.57. The van der Waals surface area contributed by atoms with E-state index in [9.17, 15) is 0 Å². The summed E-state index contributed by atoms with van der Waals surface area (Å²) < 4.78 is 7.84. The SMILES string of the molecule is Clc1ccc([C@H](c2nnnn2C[C@H]2CCCO2)[NH+]2CC[NH+](C3CCCC3)CC2)cc1. The van der Waals surface area contributed by atoms with E-state index in [-0.39, 0.29) is 12.1 Å². The number of rotatable bonds is 6. The number of nitrogens with one attached hydrogen (secondary N) is 2. The van der Waals surface area contributed by atoms with Crippen molar-refractivity contribution in [1.82, 2.24) is 20.2 Å². The number of tetrazole rings is 1. The highest BCUT2D eigenvalue weighted by molar-refractivity contribution is 6.30. The van der Waals surface area contributed by atoms with Gasteiger partial charge in [0.2, 0.25) is 5.82 Å². The molecule has 162 valence electrons. The molecule has 1 aromatic heterocycles. The zero-order valence-corrected chi connectivity index (χ0v) is 18.4. The number of aromatic nitrogens is 4. The highest BCUT2D eigenvalue weighted by atomic mass is 35.5. The van der Waals surface area contributed by atoms with E-state index in [1.54, 1.807) is 4.90 Å². The lowest BCUT2D eigenvalue weighted by Crippen LogP contribution is -3.29. The van der Waals surface area contributed by atoms with E-state index in [1.807, 2.05) is 21.7 Å². The number of hydrogen-bond acceptors (Lipinski definition) is 4. The maximum absolute atomic E-state index is 6.19. The highest BCUT2D eigenvalue weighted by Gasteiger charge is 2.38. The van der Waals surface area contributed by atoms with Gasteiger partial charge in [0.25, 0.3) is 0 Å². The summed E-state index contributed by atoms with van der Waals surface area (Å²) in [7, 11) is 0. The summed E-state index contributed by atoms with van der Waals surface area (Å²) in [5, 5.41) is 13.7. The van der Waals surface area contributed by atoms with Crippen molar-refractivity contribution in [3.63, 3.8) is 0 Å². The topological polar surface area (TPSA) is 61.7 Å². The number of halogens is 1. The first kappa shape index (κ1) is 20.4. The molecular formula is C22H33ClN6O+2. The van der Waals surface area contributed by atoms with E-state index in [0.29, 0.717) is 0 Å². The minimum atomic E-state index is 0.129. The Hall–Kier alpha value is -1.54. The van der Waals surface area contributed by atoms with Crippen LogP contribution in [0, 0.1) is 0 Å². The maximum atomic E-state index is 6.19. The molecule has 2 aromatic rings. The van der Waals surface area contributed by atoms with Gasteiger partial charge in [0.05, 0.1) is 18.7 Å². The molecule has 0 amide bonds. The minimum Gasteiger partial charge on any atom is -0.376 e. The first-order chi connectivity index (χ1) is 14.8. The van der Waals surface area contributed by atoms with Crippen molar-refractivity contribution < 1.29 is 14.5 Å². The van der Waals surface area contributed by atoms with E-state index < -0.39 is 0 Å². The van der Waals surface area contributed by atoms with Gasteiger partial charge in [-0.15, -0.1) is 5.10 Å². The molecule has 0 spiro atoms. The summed E-state index contributed by atoms with van der Waals surface area (Å²) in [6, 6.07) is 9.26. The van der Waals surface area contributed by atoms with Crippen LogP contribution in [0.15, 0.2) is 24.3 Å². The molecule has 5 rings (SSSR count). The van der Waals surface area contributed by atoms with Crippen LogP contribution in [-0.4, -0.2) is 65.1 Å². The second kappa shape index (κ2) is 9.30. The fourth-order valence-electron chi connectivity index (χ4n) is 5.68. The van der Waals surface area contributed by atoms with Crippen LogP contribution in [-0.2, 0) is 11.3 Å². The molecule has 0 bridgehead atoms. The first-order valence-electron chi connectivity index (χ1n) is 11.6. The van der Waals surface area contributed by atoms with Gasteiger partial charge in [-0.05, 0) is 61.1 Å². The fourth-order valence-corrected chi connectivity index (χ4v) is 5.80. The van der Waals surface area contributed by atoms with Gasteiger partial charge in [-0.3, -0.25) is 0 Å². The van der Waals surface area contributed by atoms with Crippen molar-refractivity contribution in [2.24, 2.45) is 0 Å². The van der Waals surface area contributed by atoms with E-state index in [2.05, 4.69) is 27.7 Å². The molecule has 3 fully saturated rings. The molecule has 0 unspecified atom stereocenters. The van der Waals surface area contributed by atoms with Crippen molar-refractivity contribution in [2.45, 2.75) is 63.3 Å². The van der Waals surface area contributed by atoms with Crippen LogP contribution in [0.25, 0.3) is 0 Å². The average molecular weight is 433 g/mol. The summed E-state index contributed by atoms with van der Waals surface area (Å²) in [6.45, 7) is 6.34. The molecule has 30 heavy (non-hydrogen) atoms. The molecule has 1 aliphatic carbocycles. The van der Waals surface area contributed by atoms with E-state index in [4.69, 9.17) is 16.3 Å². The summed E-state index contributed by atoms with van der Waals surface area (Å²) in [5.41, 5.74) is 1.24. The van der Waals surface area contributed by atoms with Gasteiger partial charge in [0.1, 0.15) is 26.2 Å². The van der Waals surface area contributed by atoms with E-state index in [0.717, 1.165) is 56.0 Å². The van der Waals surface area contributed by atoms with Gasteiger partial charge >= 0.3 is 0 Å². The van der Waals surface area contributed by atoms with Crippen LogP contribution >= 0.6 is 11.6 Å². The van der Waals surface area contributed by atoms with Gasteiger partial charge in [-0.25, -0.2) is 4.68 Å². The number of nitrogens with zero attached hydrogens (tertiary/aromatic N) is 4. The normalized spacial score (nSPS) is 28.8. The van der Waals surface area contributed by atoms with Crippen LogP contribution in [0.1, 0.15) is 56.0 Å². The van der Waals surface area contributed by atoms with Gasteiger partial charge < -0.3 is 14.5 Å². The number of hydrogen-bond donors (Lipinski definition) is 2. The first-order valence-corrected chi connectivity index (χ1v) is 12.0. The van der Waals surface area contributed by atoms with Gasteiger partial charge in [-0.1, -0.05) is 23.7 Å². The Bertz CT molecular complexity index is 807. The smallest absolute Gasteiger partial charge is 0.214 e. The number of ether oxygens (including phenoxy) is 1.